The molecule has 2 rings (SSSR count). The van der Waals surface area contributed by atoms with Crippen LogP contribution in [0, 0.1) is 0 Å². The van der Waals surface area contributed by atoms with Gasteiger partial charge in [0.25, 0.3) is 0 Å². The number of para-hydroxylation sites is 1. The molecule has 0 amide bonds. The molecule has 0 aliphatic heterocycles. The van der Waals surface area contributed by atoms with Gasteiger partial charge in [-0.15, -0.1) is 0 Å². The highest BCUT2D eigenvalue weighted by Crippen LogP contribution is 2.20. The van der Waals surface area contributed by atoms with E-state index in [1.807, 2.05) is 0 Å². The molecule has 3 N–H and O–H groups in total. The average Bonchev–Trinajstić information content (AvgIpc) is 2.77. The first kappa shape index (κ1) is 17.0. The Morgan fingerprint density at radius 3 is 2.32 bits per heavy atom. The quantitative estimate of drug-likeness (QED) is 0.785. The molecular weight excluding hydrogens is 270 g/mol. The Kier molecular flexibility index (Phi) is 4.98. The molecule has 3 heteroatoms. The highest BCUT2D eigenvalue weighted by Gasteiger charge is 2.20. The van der Waals surface area contributed by atoms with Crippen molar-refractivity contribution in [2.24, 2.45) is 0 Å². The van der Waals surface area contributed by atoms with E-state index in [-0.39, 0.29) is 11.1 Å². The van der Waals surface area contributed by atoms with Crippen LogP contribution in [0.25, 0.3) is 10.9 Å². The van der Waals surface area contributed by atoms with Gasteiger partial charge in [-0.25, -0.2) is 0 Å². The lowest BCUT2D eigenvalue weighted by Gasteiger charge is -2.31. The fourth-order valence-corrected chi connectivity index (χ4v) is 2.78. The zero-order valence-electron chi connectivity index (χ0n) is 14.9. The molecule has 0 saturated carbocycles. The molecule has 0 aliphatic rings. The Bertz CT molecular complexity index is 599. The smallest absolute Gasteiger partial charge is 0.0456 e. The normalized spacial score (nSPS) is 14.5. The minimum absolute atomic E-state index is 0.107. The molecule has 1 aromatic carbocycles. The molecule has 0 spiro atoms. The first-order valence-corrected chi connectivity index (χ1v) is 8.22. The third kappa shape index (κ3) is 5.15. The van der Waals surface area contributed by atoms with Crippen molar-refractivity contribution in [3.05, 3.63) is 36.0 Å². The van der Waals surface area contributed by atoms with Gasteiger partial charge in [-0.2, -0.15) is 0 Å². The third-order valence-electron chi connectivity index (χ3n) is 3.66. The van der Waals surface area contributed by atoms with E-state index >= 15 is 0 Å². The van der Waals surface area contributed by atoms with Crippen LogP contribution in [0.2, 0.25) is 0 Å². The number of aromatic nitrogens is 1. The van der Waals surface area contributed by atoms with Crippen molar-refractivity contribution in [3.63, 3.8) is 0 Å². The van der Waals surface area contributed by atoms with Crippen molar-refractivity contribution in [2.75, 3.05) is 6.54 Å². The van der Waals surface area contributed by atoms with Gasteiger partial charge in [-0.1, -0.05) is 18.2 Å². The number of aromatic amines is 1. The summed E-state index contributed by atoms with van der Waals surface area (Å²) in [5, 5.41) is 8.72. The van der Waals surface area contributed by atoms with Crippen molar-refractivity contribution in [2.45, 2.75) is 65.1 Å². The van der Waals surface area contributed by atoms with E-state index in [0.29, 0.717) is 6.04 Å². The number of rotatable bonds is 5. The molecule has 1 atom stereocenters. The minimum Gasteiger partial charge on any atom is -0.361 e. The molecule has 122 valence electrons. The summed E-state index contributed by atoms with van der Waals surface area (Å²) < 4.78 is 0. The topological polar surface area (TPSA) is 39.9 Å². The van der Waals surface area contributed by atoms with Gasteiger partial charge in [0.05, 0.1) is 0 Å². The summed E-state index contributed by atoms with van der Waals surface area (Å²) in [4.78, 5) is 3.38. The van der Waals surface area contributed by atoms with E-state index in [4.69, 9.17) is 0 Å². The van der Waals surface area contributed by atoms with Crippen LogP contribution in [0.4, 0.5) is 0 Å². The Morgan fingerprint density at radius 2 is 1.68 bits per heavy atom. The van der Waals surface area contributed by atoms with Crippen molar-refractivity contribution >= 4 is 10.9 Å². The second kappa shape index (κ2) is 6.43. The lowest BCUT2D eigenvalue weighted by Crippen LogP contribution is -2.52. The van der Waals surface area contributed by atoms with Gasteiger partial charge in [-0.3, -0.25) is 0 Å². The van der Waals surface area contributed by atoms with Gasteiger partial charge in [-0.05, 0) is 59.6 Å². The highest BCUT2D eigenvalue weighted by atomic mass is 15.1. The summed E-state index contributed by atoms with van der Waals surface area (Å²) in [7, 11) is 0. The van der Waals surface area contributed by atoms with Crippen molar-refractivity contribution in [1.82, 2.24) is 15.6 Å². The number of nitrogens with one attached hydrogen (secondary N) is 3. The number of benzene rings is 1. The maximum absolute atomic E-state index is 3.76. The maximum atomic E-state index is 3.76. The largest absolute Gasteiger partial charge is 0.361 e. The number of hydrogen-bond donors (Lipinski definition) is 3. The highest BCUT2D eigenvalue weighted by molar-refractivity contribution is 5.83. The maximum Gasteiger partial charge on any atom is 0.0456 e. The summed E-state index contributed by atoms with van der Waals surface area (Å²) in [5.74, 6) is 0. The first-order chi connectivity index (χ1) is 10.1. The summed E-state index contributed by atoms with van der Waals surface area (Å²) in [5.41, 5.74) is 2.85. The van der Waals surface area contributed by atoms with Gasteiger partial charge < -0.3 is 15.6 Å². The molecule has 0 bridgehead atoms. The van der Waals surface area contributed by atoms with Gasteiger partial charge in [0, 0.05) is 40.8 Å². The van der Waals surface area contributed by atoms with E-state index in [1.165, 1.54) is 16.5 Å². The molecular formula is C19H31N3. The van der Waals surface area contributed by atoms with Crippen LogP contribution in [0.5, 0.6) is 0 Å². The number of hydrogen-bond acceptors (Lipinski definition) is 2. The summed E-state index contributed by atoms with van der Waals surface area (Å²) >= 11 is 0. The fourth-order valence-electron chi connectivity index (χ4n) is 2.78. The van der Waals surface area contributed by atoms with E-state index < -0.39 is 0 Å². The summed E-state index contributed by atoms with van der Waals surface area (Å²) in [6.45, 7) is 14.3. The van der Waals surface area contributed by atoms with E-state index in [1.54, 1.807) is 0 Å². The Balaban J connectivity index is 2.14. The lowest BCUT2D eigenvalue weighted by molar-refractivity contribution is 0.316. The van der Waals surface area contributed by atoms with Crippen LogP contribution in [-0.4, -0.2) is 28.6 Å². The molecule has 1 aromatic heterocycles. The average molecular weight is 301 g/mol. The second-order valence-electron chi connectivity index (χ2n) is 8.29. The lowest BCUT2D eigenvalue weighted by atomic mass is 10.00. The predicted molar refractivity (Wildman–Crippen MR) is 96.4 cm³/mol. The molecule has 0 fully saturated rings. The van der Waals surface area contributed by atoms with Crippen LogP contribution < -0.4 is 10.6 Å². The molecule has 0 aliphatic carbocycles. The molecule has 3 nitrogen and oxygen atoms in total. The monoisotopic (exact) mass is 301 g/mol. The van der Waals surface area contributed by atoms with Crippen molar-refractivity contribution in [3.8, 4) is 0 Å². The van der Waals surface area contributed by atoms with E-state index in [2.05, 4.69) is 87.6 Å². The second-order valence-corrected chi connectivity index (χ2v) is 8.29. The van der Waals surface area contributed by atoms with Gasteiger partial charge >= 0.3 is 0 Å². The molecule has 1 heterocycles. The molecule has 2 aromatic rings. The van der Waals surface area contributed by atoms with Crippen LogP contribution in [0.3, 0.4) is 0 Å². The Labute approximate surface area is 134 Å². The molecule has 0 saturated heterocycles. The summed E-state index contributed by atoms with van der Waals surface area (Å²) in [6.07, 6.45) is 3.17. The zero-order valence-corrected chi connectivity index (χ0v) is 14.9. The van der Waals surface area contributed by atoms with Gasteiger partial charge in [0.1, 0.15) is 0 Å². The van der Waals surface area contributed by atoms with Crippen LogP contribution in [-0.2, 0) is 6.42 Å². The van der Waals surface area contributed by atoms with E-state index in [9.17, 15) is 0 Å². The zero-order chi connectivity index (χ0) is 16.4. The van der Waals surface area contributed by atoms with Crippen molar-refractivity contribution in [1.29, 1.82) is 0 Å². The predicted octanol–water partition coefficient (Wildman–Crippen LogP) is 3.86. The third-order valence-corrected chi connectivity index (χ3v) is 3.66. The van der Waals surface area contributed by atoms with Crippen LogP contribution in [0.15, 0.2) is 30.5 Å². The first-order valence-electron chi connectivity index (χ1n) is 8.22. The van der Waals surface area contributed by atoms with Gasteiger partial charge in [0.2, 0.25) is 0 Å². The van der Waals surface area contributed by atoms with Gasteiger partial charge in [0.15, 0.2) is 0 Å². The number of fused-ring (bicyclic) bond motifs is 1. The fraction of sp³-hybridized carbons (Fsp3) is 0.579. The molecule has 0 radical (unpaired) electrons. The Morgan fingerprint density at radius 1 is 1.00 bits per heavy atom. The molecule has 1 unspecified atom stereocenters. The SMILES string of the molecule is CC(C)(C)NCC(Cc1c[nH]c2ccccc12)NC(C)(C)C. The standard InChI is InChI=1S/C19H31N3/c1-18(2,3)21-13-15(22-19(4,5)6)11-14-12-20-17-10-8-7-9-16(14)17/h7-10,12,15,20-22H,11,13H2,1-6H3. The minimum atomic E-state index is 0.107. The summed E-state index contributed by atoms with van der Waals surface area (Å²) in [6, 6.07) is 8.93. The molecule has 22 heavy (non-hydrogen) atoms. The van der Waals surface area contributed by atoms with E-state index in [0.717, 1.165) is 13.0 Å². The van der Waals surface area contributed by atoms with Crippen LogP contribution >= 0.6 is 0 Å². The number of H-pyrrole nitrogens is 1. The van der Waals surface area contributed by atoms with Crippen molar-refractivity contribution < 1.29 is 0 Å². The Hall–Kier alpha value is -1.32. The van der Waals surface area contributed by atoms with Crippen LogP contribution in [0.1, 0.15) is 47.1 Å².